The van der Waals surface area contributed by atoms with Gasteiger partial charge in [-0.3, -0.25) is 4.79 Å². The van der Waals surface area contributed by atoms with E-state index < -0.39 is 5.54 Å². The maximum Gasteiger partial charge on any atom is 0.156 e. The highest BCUT2D eigenvalue weighted by Gasteiger charge is 2.44. The molecule has 0 atom stereocenters. The number of rotatable bonds is 3. The van der Waals surface area contributed by atoms with Gasteiger partial charge in [-0.2, -0.15) is 0 Å². The fraction of sp³-hybridized carbons (Fsp3) is 0.462. The van der Waals surface area contributed by atoms with Crippen LogP contribution in [-0.2, 0) is 11.2 Å². The molecule has 1 aliphatic rings. The van der Waals surface area contributed by atoms with E-state index in [9.17, 15) is 4.79 Å². The quantitative estimate of drug-likeness (QED) is 0.815. The van der Waals surface area contributed by atoms with Gasteiger partial charge in [0.2, 0.25) is 0 Å². The molecule has 1 saturated carbocycles. The van der Waals surface area contributed by atoms with Crippen LogP contribution in [0.15, 0.2) is 18.2 Å². The van der Waals surface area contributed by atoms with Crippen LogP contribution in [0.25, 0.3) is 0 Å². The molecule has 0 aromatic heterocycles. The Balaban J connectivity index is 2.13. The number of aryl methyl sites for hydroxylation is 2. The Bertz CT molecular complexity index is 385. The van der Waals surface area contributed by atoms with Gasteiger partial charge in [-0.25, -0.2) is 0 Å². The SMILES string of the molecule is Cc1cc(C)cc(CC(=O)C2(N)CC2)c1. The molecule has 80 valence electrons. The molecule has 2 rings (SSSR count). The highest BCUT2D eigenvalue weighted by Crippen LogP contribution is 2.34. The molecule has 0 amide bonds. The predicted octanol–water partition coefficient (Wildman–Crippen LogP) is 1.91. The molecule has 0 radical (unpaired) electrons. The van der Waals surface area contributed by atoms with Gasteiger partial charge in [0, 0.05) is 6.42 Å². The minimum atomic E-state index is -0.488. The van der Waals surface area contributed by atoms with Crippen molar-refractivity contribution < 1.29 is 4.79 Å². The van der Waals surface area contributed by atoms with Crippen LogP contribution >= 0.6 is 0 Å². The maximum absolute atomic E-state index is 11.8. The largest absolute Gasteiger partial charge is 0.319 e. The number of Topliss-reactive ketones (excluding diaryl/α,β-unsaturated/α-hetero) is 1. The highest BCUT2D eigenvalue weighted by atomic mass is 16.1. The van der Waals surface area contributed by atoms with Gasteiger partial charge in [0.1, 0.15) is 0 Å². The van der Waals surface area contributed by atoms with Gasteiger partial charge in [-0.05, 0) is 32.3 Å². The van der Waals surface area contributed by atoms with E-state index in [4.69, 9.17) is 5.73 Å². The number of nitrogens with two attached hydrogens (primary N) is 1. The van der Waals surface area contributed by atoms with Crippen molar-refractivity contribution in [2.75, 3.05) is 0 Å². The summed E-state index contributed by atoms with van der Waals surface area (Å²) in [5.74, 6) is 0.188. The van der Waals surface area contributed by atoms with Crippen molar-refractivity contribution in [1.82, 2.24) is 0 Å². The summed E-state index contributed by atoms with van der Waals surface area (Å²) in [5, 5.41) is 0. The van der Waals surface area contributed by atoms with Crippen LogP contribution in [0.4, 0.5) is 0 Å². The van der Waals surface area contributed by atoms with E-state index >= 15 is 0 Å². The monoisotopic (exact) mass is 203 g/mol. The molecule has 1 aromatic carbocycles. The molecule has 2 nitrogen and oxygen atoms in total. The smallest absolute Gasteiger partial charge is 0.156 e. The zero-order valence-corrected chi connectivity index (χ0v) is 9.34. The van der Waals surface area contributed by atoms with Crippen LogP contribution in [0, 0.1) is 13.8 Å². The van der Waals surface area contributed by atoms with Crippen molar-refractivity contribution in [2.45, 2.75) is 38.6 Å². The normalized spacial score (nSPS) is 17.5. The fourth-order valence-corrected chi connectivity index (χ4v) is 1.95. The van der Waals surface area contributed by atoms with Crippen LogP contribution in [-0.4, -0.2) is 11.3 Å². The molecule has 1 aromatic rings. The summed E-state index contributed by atoms with van der Waals surface area (Å²) in [6.45, 7) is 4.10. The molecule has 15 heavy (non-hydrogen) atoms. The van der Waals surface area contributed by atoms with Crippen molar-refractivity contribution in [3.8, 4) is 0 Å². The molecule has 0 aliphatic heterocycles. The van der Waals surface area contributed by atoms with Gasteiger partial charge in [-0.1, -0.05) is 29.3 Å². The lowest BCUT2D eigenvalue weighted by Crippen LogP contribution is -2.34. The second kappa shape index (κ2) is 3.46. The zero-order chi connectivity index (χ0) is 11.1. The Hall–Kier alpha value is -1.15. The van der Waals surface area contributed by atoms with Crippen molar-refractivity contribution in [2.24, 2.45) is 5.73 Å². The Morgan fingerprint density at radius 1 is 1.27 bits per heavy atom. The van der Waals surface area contributed by atoms with Gasteiger partial charge < -0.3 is 5.73 Å². The number of carbonyl (C=O) groups excluding carboxylic acids is 1. The van der Waals surface area contributed by atoms with E-state index in [0.29, 0.717) is 6.42 Å². The first-order valence-electron chi connectivity index (χ1n) is 5.39. The average molecular weight is 203 g/mol. The van der Waals surface area contributed by atoms with E-state index in [-0.39, 0.29) is 5.78 Å². The maximum atomic E-state index is 11.8. The first kappa shape index (κ1) is 10.4. The van der Waals surface area contributed by atoms with Gasteiger partial charge in [0.15, 0.2) is 5.78 Å². The van der Waals surface area contributed by atoms with E-state index in [1.54, 1.807) is 0 Å². The highest BCUT2D eigenvalue weighted by molar-refractivity contribution is 5.92. The van der Waals surface area contributed by atoms with Crippen molar-refractivity contribution >= 4 is 5.78 Å². The number of ketones is 1. The Morgan fingerprint density at radius 3 is 2.27 bits per heavy atom. The number of benzene rings is 1. The van der Waals surface area contributed by atoms with Gasteiger partial charge in [0.25, 0.3) is 0 Å². The summed E-state index contributed by atoms with van der Waals surface area (Å²) < 4.78 is 0. The second-order valence-corrected chi connectivity index (χ2v) is 4.75. The summed E-state index contributed by atoms with van der Waals surface area (Å²) in [4.78, 5) is 11.8. The number of hydrogen-bond acceptors (Lipinski definition) is 2. The van der Waals surface area contributed by atoms with Gasteiger partial charge in [0.05, 0.1) is 5.54 Å². The molecule has 2 N–H and O–H groups in total. The Labute approximate surface area is 90.5 Å². The Morgan fingerprint density at radius 2 is 1.80 bits per heavy atom. The van der Waals surface area contributed by atoms with Crippen LogP contribution in [0.5, 0.6) is 0 Å². The fourth-order valence-electron chi connectivity index (χ4n) is 1.95. The lowest BCUT2D eigenvalue weighted by atomic mass is 9.99. The first-order chi connectivity index (χ1) is 6.99. The molecule has 1 aliphatic carbocycles. The molecule has 0 bridgehead atoms. The van der Waals surface area contributed by atoms with Gasteiger partial charge in [-0.15, -0.1) is 0 Å². The molecule has 0 unspecified atom stereocenters. The Kier molecular flexibility index (Phi) is 2.39. The molecular formula is C13H17NO. The molecular weight excluding hydrogens is 186 g/mol. The van der Waals surface area contributed by atoms with E-state index in [2.05, 4.69) is 32.0 Å². The molecule has 2 heteroatoms. The number of hydrogen-bond donors (Lipinski definition) is 1. The summed E-state index contributed by atoms with van der Waals surface area (Å²) in [6, 6.07) is 6.25. The standard InChI is InChI=1S/C13H17NO/c1-9-5-10(2)7-11(6-9)8-12(15)13(14)3-4-13/h5-7H,3-4,8,14H2,1-2H3. The van der Waals surface area contributed by atoms with E-state index in [1.807, 2.05) is 0 Å². The minimum absolute atomic E-state index is 0.188. The van der Waals surface area contributed by atoms with E-state index in [0.717, 1.165) is 18.4 Å². The van der Waals surface area contributed by atoms with Crippen LogP contribution in [0.3, 0.4) is 0 Å². The summed E-state index contributed by atoms with van der Waals surface area (Å²) in [7, 11) is 0. The average Bonchev–Trinajstić information content (AvgIpc) is 2.83. The molecule has 0 spiro atoms. The van der Waals surface area contributed by atoms with Crippen molar-refractivity contribution in [3.63, 3.8) is 0 Å². The summed E-state index contributed by atoms with van der Waals surface area (Å²) in [6.07, 6.45) is 2.20. The van der Waals surface area contributed by atoms with Crippen LogP contribution in [0.2, 0.25) is 0 Å². The summed E-state index contributed by atoms with van der Waals surface area (Å²) >= 11 is 0. The van der Waals surface area contributed by atoms with Crippen LogP contribution < -0.4 is 5.73 Å². The molecule has 1 fully saturated rings. The lowest BCUT2D eigenvalue weighted by molar-refractivity contribution is -0.120. The third kappa shape index (κ3) is 2.26. The van der Waals surface area contributed by atoms with Gasteiger partial charge >= 0.3 is 0 Å². The van der Waals surface area contributed by atoms with Crippen molar-refractivity contribution in [3.05, 3.63) is 34.9 Å². The van der Waals surface area contributed by atoms with Crippen LogP contribution in [0.1, 0.15) is 29.5 Å². The van der Waals surface area contributed by atoms with E-state index in [1.165, 1.54) is 11.1 Å². The molecule has 0 saturated heterocycles. The second-order valence-electron chi connectivity index (χ2n) is 4.75. The number of carbonyl (C=O) groups is 1. The minimum Gasteiger partial charge on any atom is -0.319 e. The topological polar surface area (TPSA) is 43.1 Å². The van der Waals surface area contributed by atoms with Crippen molar-refractivity contribution in [1.29, 1.82) is 0 Å². The lowest BCUT2D eigenvalue weighted by Gasteiger charge is -2.08. The zero-order valence-electron chi connectivity index (χ0n) is 9.34. The predicted molar refractivity (Wildman–Crippen MR) is 60.8 cm³/mol. The molecule has 0 heterocycles. The summed E-state index contributed by atoms with van der Waals surface area (Å²) in [5.41, 5.74) is 8.88. The first-order valence-corrected chi connectivity index (χ1v) is 5.39. The third-order valence-electron chi connectivity index (χ3n) is 2.99. The third-order valence-corrected chi connectivity index (χ3v) is 2.99.